The van der Waals surface area contributed by atoms with Gasteiger partial charge in [-0.05, 0) is 31.8 Å². The van der Waals surface area contributed by atoms with Crippen molar-refractivity contribution < 1.29 is 19.8 Å². The lowest BCUT2D eigenvalue weighted by molar-refractivity contribution is -0.139. The first-order chi connectivity index (χ1) is 8.95. The summed E-state index contributed by atoms with van der Waals surface area (Å²) in [6.07, 6.45) is 2.63. The maximum atomic E-state index is 12.0. The second kappa shape index (κ2) is 7.59. The van der Waals surface area contributed by atoms with Crippen molar-refractivity contribution in [3.05, 3.63) is 0 Å². The smallest absolute Gasteiger partial charge is 0.326 e. The Hall–Kier alpha value is -0.950. The first-order valence-corrected chi connectivity index (χ1v) is 7.80. The summed E-state index contributed by atoms with van der Waals surface area (Å²) in [5.41, 5.74) is 0. The lowest BCUT2D eigenvalue weighted by Gasteiger charge is -2.21. The number of carboxylic acids is 1. The first kappa shape index (κ1) is 16.1. The molecule has 1 aliphatic rings. The fourth-order valence-corrected chi connectivity index (χ4v) is 2.57. The number of rotatable bonds is 6. The van der Waals surface area contributed by atoms with Gasteiger partial charge in [0.1, 0.15) is 6.04 Å². The molecule has 1 aliphatic heterocycles. The molecule has 1 saturated heterocycles. The number of hydrogen-bond acceptors (Lipinski definition) is 4. The molecule has 0 aromatic heterocycles. The van der Waals surface area contributed by atoms with E-state index in [2.05, 4.69) is 5.32 Å². The van der Waals surface area contributed by atoms with E-state index in [1.165, 1.54) is 0 Å². The number of aliphatic hydroxyl groups is 1. The summed E-state index contributed by atoms with van der Waals surface area (Å²) in [6, 6.07) is -1.19. The number of nitrogens with one attached hydrogen (secondary N) is 1. The molecule has 19 heavy (non-hydrogen) atoms. The minimum Gasteiger partial charge on any atom is -0.480 e. The van der Waals surface area contributed by atoms with Crippen LogP contribution in [0, 0.1) is 5.92 Å². The van der Waals surface area contributed by atoms with Crippen LogP contribution in [0.1, 0.15) is 19.8 Å². The number of carboxylic acid groups (broad SMARTS) is 1. The molecule has 3 unspecified atom stereocenters. The van der Waals surface area contributed by atoms with E-state index in [0.717, 1.165) is 6.42 Å². The molecule has 110 valence electrons. The Morgan fingerprint density at radius 2 is 2.21 bits per heavy atom. The third-order valence-electron chi connectivity index (χ3n) is 3.40. The molecular weight excluding hydrogens is 268 g/mol. The zero-order valence-electron chi connectivity index (χ0n) is 11.3. The van der Waals surface area contributed by atoms with E-state index >= 15 is 0 Å². The summed E-state index contributed by atoms with van der Waals surface area (Å²) in [7, 11) is 0. The zero-order chi connectivity index (χ0) is 14.4. The van der Waals surface area contributed by atoms with Gasteiger partial charge in [0.2, 0.25) is 0 Å². The summed E-state index contributed by atoms with van der Waals surface area (Å²) in [6.45, 7) is 2.76. The normalized spacial score (nSPS) is 22.1. The maximum Gasteiger partial charge on any atom is 0.326 e. The molecule has 3 N–H and O–H groups in total. The third kappa shape index (κ3) is 4.91. The van der Waals surface area contributed by atoms with Gasteiger partial charge in [-0.3, -0.25) is 0 Å². The first-order valence-electron chi connectivity index (χ1n) is 6.41. The zero-order valence-corrected chi connectivity index (χ0v) is 12.2. The predicted octanol–water partition coefficient (Wildman–Crippen LogP) is 0.605. The fraction of sp³-hybridized carbons (Fsp3) is 0.833. The predicted molar refractivity (Wildman–Crippen MR) is 74.3 cm³/mol. The molecule has 3 atom stereocenters. The Kier molecular flexibility index (Phi) is 6.44. The molecule has 0 radical (unpaired) electrons. The van der Waals surface area contributed by atoms with Gasteiger partial charge in [0, 0.05) is 19.0 Å². The minimum absolute atomic E-state index is 0.0835. The van der Waals surface area contributed by atoms with Gasteiger partial charge in [-0.1, -0.05) is 0 Å². The van der Waals surface area contributed by atoms with E-state index in [0.29, 0.717) is 25.3 Å². The summed E-state index contributed by atoms with van der Waals surface area (Å²) in [4.78, 5) is 24.6. The molecule has 0 saturated carbocycles. The van der Waals surface area contributed by atoms with Crippen LogP contribution in [0.5, 0.6) is 0 Å². The van der Waals surface area contributed by atoms with E-state index < -0.39 is 18.1 Å². The number of nitrogens with zero attached hydrogens (tertiary/aromatic N) is 1. The number of likely N-dealkylation sites (tertiary alicyclic amines) is 1. The monoisotopic (exact) mass is 290 g/mol. The van der Waals surface area contributed by atoms with Gasteiger partial charge >= 0.3 is 12.0 Å². The number of hydrogen-bond donors (Lipinski definition) is 3. The number of aliphatic carboxylic acids is 1. The van der Waals surface area contributed by atoms with Crippen LogP contribution in [0.15, 0.2) is 0 Å². The topological polar surface area (TPSA) is 89.9 Å². The van der Waals surface area contributed by atoms with Crippen molar-refractivity contribution >= 4 is 23.8 Å². The van der Waals surface area contributed by atoms with Crippen molar-refractivity contribution in [2.24, 2.45) is 5.92 Å². The van der Waals surface area contributed by atoms with Crippen LogP contribution in [-0.2, 0) is 4.79 Å². The molecule has 0 aromatic rings. The molecule has 6 nitrogen and oxygen atoms in total. The van der Waals surface area contributed by atoms with E-state index in [-0.39, 0.29) is 11.9 Å². The molecule has 0 spiro atoms. The van der Waals surface area contributed by atoms with Gasteiger partial charge in [0.15, 0.2) is 0 Å². The Balaban J connectivity index is 2.46. The Bertz CT molecular complexity index is 325. The van der Waals surface area contributed by atoms with Crippen molar-refractivity contribution in [3.8, 4) is 0 Å². The van der Waals surface area contributed by atoms with Crippen LogP contribution in [0.2, 0.25) is 0 Å². The number of carbonyl (C=O) groups excluding carboxylic acids is 1. The standard InChI is InChI=1S/C12H22N2O4S/c1-8(15)9-3-5-14(7-9)12(18)13-10(11(16)17)4-6-19-2/h8-10,15H,3-7H2,1-2H3,(H,13,18)(H,16,17). The van der Waals surface area contributed by atoms with Crippen molar-refractivity contribution in [1.29, 1.82) is 0 Å². The molecule has 7 heteroatoms. The summed E-state index contributed by atoms with van der Waals surface area (Å²) < 4.78 is 0. The number of urea groups is 1. The minimum atomic E-state index is -1.01. The second-order valence-electron chi connectivity index (χ2n) is 4.86. The number of carbonyl (C=O) groups is 2. The number of amides is 2. The van der Waals surface area contributed by atoms with Crippen LogP contribution >= 0.6 is 11.8 Å². The molecule has 1 rings (SSSR count). The SMILES string of the molecule is CSCCC(NC(=O)N1CCC(C(C)O)C1)C(=O)O. The Morgan fingerprint density at radius 1 is 1.53 bits per heavy atom. The van der Waals surface area contributed by atoms with E-state index in [1.807, 2.05) is 6.26 Å². The van der Waals surface area contributed by atoms with Gasteiger partial charge in [0.25, 0.3) is 0 Å². The highest BCUT2D eigenvalue weighted by Crippen LogP contribution is 2.19. The highest BCUT2D eigenvalue weighted by molar-refractivity contribution is 7.98. The molecule has 0 aromatic carbocycles. The summed E-state index contributed by atoms with van der Waals surface area (Å²) in [5.74, 6) is -0.234. The van der Waals surface area contributed by atoms with Crippen LogP contribution in [0.25, 0.3) is 0 Å². The van der Waals surface area contributed by atoms with E-state index in [1.54, 1.807) is 23.6 Å². The average molecular weight is 290 g/mol. The van der Waals surface area contributed by atoms with Crippen LogP contribution in [0.4, 0.5) is 4.79 Å². The number of thioether (sulfide) groups is 1. The maximum absolute atomic E-state index is 12.0. The lowest BCUT2D eigenvalue weighted by Crippen LogP contribution is -2.47. The van der Waals surface area contributed by atoms with Gasteiger partial charge in [-0.15, -0.1) is 0 Å². The van der Waals surface area contributed by atoms with Crippen molar-refractivity contribution in [2.45, 2.75) is 31.9 Å². The molecule has 0 bridgehead atoms. The molecular formula is C12H22N2O4S. The Labute approximate surface area is 117 Å². The summed E-state index contributed by atoms with van der Waals surface area (Å²) in [5, 5.41) is 21.1. The Morgan fingerprint density at radius 3 is 2.68 bits per heavy atom. The largest absolute Gasteiger partial charge is 0.480 e. The van der Waals surface area contributed by atoms with Gasteiger partial charge in [-0.2, -0.15) is 11.8 Å². The lowest BCUT2D eigenvalue weighted by atomic mass is 10.0. The van der Waals surface area contributed by atoms with Crippen LogP contribution in [0.3, 0.4) is 0 Å². The van der Waals surface area contributed by atoms with Crippen molar-refractivity contribution in [3.63, 3.8) is 0 Å². The molecule has 1 fully saturated rings. The van der Waals surface area contributed by atoms with Crippen molar-refractivity contribution in [2.75, 3.05) is 25.1 Å². The second-order valence-corrected chi connectivity index (χ2v) is 5.84. The van der Waals surface area contributed by atoms with Crippen molar-refractivity contribution in [1.82, 2.24) is 10.2 Å². The van der Waals surface area contributed by atoms with E-state index in [9.17, 15) is 14.7 Å². The van der Waals surface area contributed by atoms with Gasteiger partial charge < -0.3 is 20.4 Å². The van der Waals surface area contributed by atoms with Crippen LogP contribution in [-0.4, -0.2) is 64.4 Å². The molecule has 0 aliphatic carbocycles. The summed E-state index contributed by atoms with van der Waals surface area (Å²) >= 11 is 1.55. The van der Waals surface area contributed by atoms with Gasteiger partial charge in [0.05, 0.1) is 6.10 Å². The van der Waals surface area contributed by atoms with Gasteiger partial charge in [-0.25, -0.2) is 9.59 Å². The average Bonchev–Trinajstić information content (AvgIpc) is 2.83. The highest BCUT2D eigenvalue weighted by Gasteiger charge is 2.30. The van der Waals surface area contributed by atoms with Crippen LogP contribution < -0.4 is 5.32 Å². The molecule has 2 amide bonds. The third-order valence-corrected chi connectivity index (χ3v) is 4.04. The van der Waals surface area contributed by atoms with E-state index in [4.69, 9.17) is 5.11 Å². The number of aliphatic hydroxyl groups excluding tert-OH is 1. The fourth-order valence-electron chi connectivity index (χ4n) is 2.10. The highest BCUT2D eigenvalue weighted by atomic mass is 32.2. The molecule has 1 heterocycles. The quantitative estimate of drug-likeness (QED) is 0.666.